The van der Waals surface area contributed by atoms with Gasteiger partial charge in [0.25, 0.3) is 5.89 Å². The van der Waals surface area contributed by atoms with Gasteiger partial charge in [-0.3, -0.25) is 4.98 Å². The van der Waals surface area contributed by atoms with E-state index in [0.717, 1.165) is 5.56 Å². The van der Waals surface area contributed by atoms with Crippen LogP contribution in [0.5, 0.6) is 0 Å². The van der Waals surface area contributed by atoms with Crippen LogP contribution in [0.4, 0.5) is 0 Å². The molecular weight excluding hydrogens is 270 g/mol. The lowest BCUT2D eigenvalue weighted by atomic mass is 10.1. The molecule has 0 saturated heterocycles. The van der Waals surface area contributed by atoms with Gasteiger partial charge in [0.15, 0.2) is 0 Å². The van der Waals surface area contributed by atoms with Gasteiger partial charge in [-0.1, -0.05) is 12.1 Å². The molecule has 2 heterocycles. The fraction of sp³-hybridized carbons (Fsp3) is 0.0667. The molecule has 0 spiro atoms. The summed E-state index contributed by atoms with van der Waals surface area (Å²) < 4.78 is 5.59. The lowest BCUT2D eigenvalue weighted by Gasteiger charge is -1.98. The summed E-state index contributed by atoms with van der Waals surface area (Å²) in [5.41, 5.74) is 2.26. The van der Waals surface area contributed by atoms with Crippen LogP contribution in [0.3, 0.4) is 0 Å². The van der Waals surface area contributed by atoms with Crippen molar-refractivity contribution >= 4 is 5.97 Å². The minimum absolute atomic E-state index is 0.168. The van der Waals surface area contributed by atoms with Gasteiger partial charge in [0.05, 0.1) is 5.56 Å². The number of aromatic carboxylic acids is 1. The van der Waals surface area contributed by atoms with E-state index in [1.54, 1.807) is 18.3 Å². The van der Waals surface area contributed by atoms with Gasteiger partial charge in [-0.15, -0.1) is 10.2 Å². The average molecular weight is 281 g/mol. The number of carboxylic acid groups (broad SMARTS) is 1. The molecule has 0 bridgehead atoms. The van der Waals surface area contributed by atoms with Crippen LogP contribution in [-0.4, -0.2) is 26.3 Å². The Balaban J connectivity index is 2.01. The zero-order chi connectivity index (χ0) is 14.8. The zero-order valence-corrected chi connectivity index (χ0v) is 11.1. The molecule has 6 heteroatoms. The van der Waals surface area contributed by atoms with Crippen LogP contribution >= 0.6 is 0 Å². The summed E-state index contributed by atoms with van der Waals surface area (Å²) in [4.78, 5) is 15.2. The first-order valence-electron chi connectivity index (χ1n) is 6.24. The minimum Gasteiger partial charge on any atom is -0.478 e. The van der Waals surface area contributed by atoms with Crippen molar-refractivity contribution < 1.29 is 14.3 Å². The molecule has 6 nitrogen and oxygen atoms in total. The molecule has 21 heavy (non-hydrogen) atoms. The van der Waals surface area contributed by atoms with Crippen molar-refractivity contribution in [2.75, 3.05) is 0 Å². The summed E-state index contributed by atoms with van der Waals surface area (Å²) >= 11 is 0. The van der Waals surface area contributed by atoms with Gasteiger partial charge >= 0.3 is 5.97 Å². The summed E-state index contributed by atoms with van der Waals surface area (Å²) in [5, 5.41) is 16.9. The molecule has 104 valence electrons. The Kier molecular flexibility index (Phi) is 3.19. The highest BCUT2D eigenvalue weighted by Crippen LogP contribution is 2.24. The third-order valence-electron chi connectivity index (χ3n) is 2.99. The first kappa shape index (κ1) is 13.0. The van der Waals surface area contributed by atoms with E-state index in [1.165, 1.54) is 12.1 Å². The first-order valence-corrected chi connectivity index (χ1v) is 6.24. The van der Waals surface area contributed by atoms with Gasteiger partial charge in [-0.2, -0.15) is 0 Å². The number of aryl methyl sites for hydroxylation is 1. The molecule has 3 aromatic rings. The van der Waals surface area contributed by atoms with Crippen molar-refractivity contribution in [1.82, 2.24) is 15.2 Å². The molecule has 0 amide bonds. The van der Waals surface area contributed by atoms with E-state index in [4.69, 9.17) is 9.52 Å². The largest absolute Gasteiger partial charge is 0.478 e. The van der Waals surface area contributed by atoms with E-state index in [0.29, 0.717) is 17.1 Å². The zero-order valence-electron chi connectivity index (χ0n) is 11.1. The topological polar surface area (TPSA) is 89.1 Å². The van der Waals surface area contributed by atoms with Gasteiger partial charge in [0, 0.05) is 11.8 Å². The Hall–Kier alpha value is -3.02. The highest BCUT2D eigenvalue weighted by Gasteiger charge is 2.14. The molecule has 0 unspecified atom stereocenters. The van der Waals surface area contributed by atoms with Crippen molar-refractivity contribution in [3.05, 3.63) is 53.7 Å². The normalized spacial score (nSPS) is 10.5. The van der Waals surface area contributed by atoms with Crippen LogP contribution in [0.1, 0.15) is 15.9 Å². The highest BCUT2D eigenvalue weighted by atomic mass is 16.4. The van der Waals surface area contributed by atoms with Crippen LogP contribution < -0.4 is 0 Å². The highest BCUT2D eigenvalue weighted by molar-refractivity contribution is 5.88. The Labute approximate surface area is 120 Å². The number of hydrogen-bond donors (Lipinski definition) is 1. The number of aromatic nitrogens is 3. The van der Waals surface area contributed by atoms with E-state index in [-0.39, 0.29) is 11.5 Å². The van der Waals surface area contributed by atoms with E-state index in [1.807, 2.05) is 19.1 Å². The summed E-state index contributed by atoms with van der Waals surface area (Å²) in [6, 6.07) is 10.1. The van der Waals surface area contributed by atoms with E-state index in [2.05, 4.69) is 15.2 Å². The van der Waals surface area contributed by atoms with Gasteiger partial charge in [0.2, 0.25) is 5.89 Å². The van der Waals surface area contributed by atoms with Crippen molar-refractivity contribution in [1.29, 1.82) is 0 Å². The fourth-order valence-corrected chi connectivity index (χ4v) is 1.93. The molecule has 0 aliphatic rings. The predicted molar refractivity (Wildman–Crippen MR) is 74.7 cm³/mol. The maximum atomic E-state index is 11.0. The smallest absolute Gasteiger partial charge is 0.335 e. The molecule has 0 saturated carbocycles. The van der Waals surface area contributed by atoms with Crippen molar-refractivity contribution in [3.63, 3.8) is 0 Å². The molecule has 0 radical (unpaired) electrons. The van der Waals surface area contributed by atoms with Crippen LogP contribution in [-0.2, 0) is 0 Å². The number of carbonyl (C=O) groups is 1. The second kappa shape index (κ2) is 5.16. The standard InChI is InChI=1S/C15H11N3O3/c1-9-4-3-7-16-12(9)14-18-17-13(21-14)10-5-2-6-11(8-10)15(19)20/h2-8H,1H3,(H,19,20). The number of benzene rings is 1. The maximum Gasteiger partial charge on any atom is 0.335 e. The minimum atomic E-state index is -1.00. The first-order chi connectivity index (χ1) is 10.1. The monoisotopic (exact) mass is 281 g/mol. The van der Waals surface area contributed by atoms with Crippen LogP contribution in [0.15, 0.2) is 47.0 Å². The molecule has 3 rings (SSSR count). The quantitative estimate of drug-likeness (QED) is 0.794. The SMILES string of the molecule is Cc1cccnc1-c1nnc(-c2cccc(C(=O)O)c2)o1. The predicted octanol–water partition coefficient (Wildman–Crippen LogP) is 2.81. The van der Waals surface area contributed by atoms with Gasteiger partial charge in [-0.05, 0) is 36.8 Å². The van der Waals surface area contributed by atoms with Crippen molar-refractivity contribution in [3.8, 4) is 23.0 Å². The average Bonchev–Trinajstić information content (AvgIpc) is 2.97. The lowest BCUT2D eigenvalue weighted by Crippen LogP contribution is -1.95. The van der Waals surface area contributed by atoms with Crippen molar-refractivity contribution in [2.24, 2.45) is 0 Å². The molecule has 0 atom stereocenters. The van der Waals surface area contributed by atoms with E-state index < -0.39 is 5.97 Å². The number of rotatable bonds is 3. The molecular formula is C15H11N3O3. The molecule has 0 aliphatic carbocycles. The summed E-state index contributed by atoms with van der Waals surface area (Å²) in [7, 11) is 0. The van der Waals surface area contributed by atoms with E-state index >= 15 is 0 Å². The van der Waals surface area contributed by atoms with Crippen LogP contribution in [0, 0.1) is 6.92 Å². The van der Waals surface area contributed by atoms with Crippen LogP contribution in [0.2, 0.25) is 0 Å². The van der Waals surface area contributed by atoms with Gasteiger partial charge in [0.1, 0.15) is 5.69 Å². The van der Waals surface area contributed by atoms with Crippen molar-refractivity contribution in [2.45, 2.75) is 6.92 Å². The number of pyridine rings is 1. The summed E-state index contributed by atoms with van der Waals surface area (Å²) in [6.45, 7) is 1.90. The molecule has 0 aliphatic heterocycles. The molecule has 1 N–H and O–H groups in total. The fourth-order valence-electron chi connectivity index (χ4n) is 1.93. The maximum absolute atomic E-state index is 11.0. The van der Waals surface area contributed by atoms with Gasteiger partial charge < -0.3 is 9.52 Å². The second-order valence-electron chi connectivity index (χ2n) is 4.47. The number of hydrogen-bond acceptors (Lipinski definition) is 5. The molecule has 0 fully saturated rings. The number of nitrogens with zero attached hydrogens (tertiary/aromatic N) is 3. The Morgan fingerprint density at radius 1 is 1.14 bits per heavy atom. The molecule has 1 aromatic carbocycles. The third kappa shape index (κ3) is 2.51. The van der Waals surface area contributed by atoms with Gasteiger partial charge in [-0.25, -0.2) is 4.79 Å². The van der Waals surface area contributed by atoms with E-state index in [9.17, 15) is 4.79 Å². The Morgan fingerprint density at radius 2 is 1.95 bits per heavy atom. The molecule has 2 aromatic heterocycles. The third-order valence-corrected chi connectivity index (χ3v) is 2.99. The number of carboxylic acids is 1. The Bertz CT molecular complexity index is 811. The lowest BCUT2D eigenvalue weighted by molar-refractivity contribution is 0.0697. The van der Waals surface area contributed by atoms with Crippen LogP contribution in [0.25, 0.3) is 23.0 Å². The summed E-state index contributed by atoms with van der Waals surface area (Å²) in [5.74, 6) is -0.431. The second-order valence-corrected chi connectivity index (χ2v) is 4.47. The Morgan fingerprint density at radius 3 is 2.71 bits per heavy atom. The summed E-state index contributed by atoms with van der Waals surface area (Å²) in [6.07, 6.45) is 1.65.